The molecule has 5 heteroatoms. The summed E-state index contributed by atoms with van der Waals surface area (Å²) in [5.41, 5.74) is 1.78. The van der Waals surface area contributed by atoms with E-state index in [2.05, 4.69) is 17.9 Å². The van der Waals surface area contributed by atoms with Crippen molar-refractivity contribution in [3.05, 3.63) is 35.4 Å². The van der Waals surface area contributed by atoms with Gasteiger partial charge in [0.25, 0.3) is 0 Å². The minimum Gasteiger partial charge on any atom is -0.376 e. The summed E-state index contributed by atoms with van der Waals surface area (Å²) in [4.78, 5) is 17.0. The van der Waals surface area contributed by atoms with Gasteiger partial charge in [0.2, 0.25) is 5.91 Å². The van der Waals surface area contributed by atoms with E-state index in [1.807, 2.05) is 29.2 Å². The number of benzene rings is 1. The number of carbonyl (C=O) groups is 1. The van der Waals surface area contributed by atoms with Crippen LogP contribution in [0.4, 0.5) is 0 Å². The largest absolute Gasteiger partial charge is 0.376 e. The first-order valence-corrected chi connectivity index (χ1v) is 9.28. The molecule has 5 nitrogen and oxygen atoms in total. The number of likely N-dealkylation sites (tertiary alicyclic amines) is 1. The van der Waals surface area contributed by atoms with E-state index in [1.54, 1.807) is 0 Å². The molecule has 0 aliphatic carbocycles. The van der Waals surface area contributed by atoms with E-state index in [1.165, 1.54) is 0 Å². The molecule has 2 aliphatic rings. The maximum atomic E-state index is 12.5. The Morgan fingerprint density at radius 2 is 1.96 bits per heavy atom. The van der Waals surface area contributed by atoms with E-state index in [-0.39, 0.29) is 5.91 Å². The molecule has 0 saturated carbocycles. The van der Waals surface area contributed by atoms with Crippen molar-refractivity contribution in [1.29, 1.82) is 5.26 Å². The van der Waals surface area contributed by atoms with Crippen LogP contribution >= 0.6 is 0 Å². The van der Waals surface area contributed by atoms with Gasteiger partial charge in [-0.1, -0.05) is 12.1 Å². The SMILES string of the molecule is CC1CN(C2CCN(C(=O)CCc3ccc(C#N)cc3)CC2)CCO1. The van der Waals surface area contributed by atoms with Crippen LogP contribution in [0.1, 0.15) is 37.3 Å². The molecule has 1 amide bonds. The molecular weight excluding hydrogens is 314 g/mol. The zero-order valence-corrected chi connectivity index (χ0v) is 15.0. The first kappa shape index (κ1) is 17.9. The molecule has 1 unspecified atom stereocenters. The van der Waals surface area contributed by atoms with Gasteiger partial charge in [0, 0.05) is 38.6 Å². The fraction of sp³-hybridized carbons (Fsp3) is 0.600. The summed E-state index contributed by atoms with van der Waals surface area (Å²) in [7, 11) is 0. The standard InChI is InChI=1S/C20H27N3O2/c1-16-15-23(12-13-25-16)19-8-10-22(11-9-19)20(24)7-6-17-2-4-18(14-21)5-3-17/h2-5,16,19H,6-13,15H2,1H3. The predicted molar refractivity (Wildman–Crippen MR) is 96.1 cm³/mol. The number of aryl methyl sites for hydroxylation is 1. The zero-order valence-electron chi connectivity index (χ0n) is 15.0. The van der Waals surface area contributed by atoms with Crippen molar-refractivity contribution in [2.45, 2.75) is 44.8 Å². The van der Waals surface area contributed by atoms with Gasteiger partial charge in [0.05, 0.1) is 24.3 Å². The van der Waals surface area contributed by atoms with Crippen molar-refractivity contribution in [1.82, 2.24) is 9.80 Å². The van der Waals surface area contributed by atoms with Crippen LogP contribution in [0.15, 0.2) is 24.3 Å². The first-order valence-electron chi connectivity index (χ1n) is 9.28. The Morgan fingerprint density at radius 1 is 1.24 bits per heavy atom. The molecular formula is C20H27N3O2. The Labute approximate surface area is 150 Å². The Balaban J connectivity index is 1.42. The third kappa shape index (κ3) is 4.81. The first-order chi connectivity index (χ1) is 12.2. The number of amides is 1. The average Bonchev–Trinajstić information content (AvgIpc) is 2.66. The van der Waals surface area contributed by atoms with Gasteiger partial charge < -0.3 is 9.64 Å². The van der Waals surface area contributed by atoms with E-state index in [4.69, 9.17) is 10.00 Å². The highest BCUT2D eigenvalue weighted by Gasteiger charge is 2.29. The molecule has 1 aromatic rings. The summed E-state index contributed by atoms with van der Waals surface area (Å²) < 4.78 is 5.62. The van der Waals surface area contributed by atoms with Crippen LogP contribution in [0.5, 0.6) is 0 Å². The number of piperidine rings is 1. The minimum atomic E-state index is 0.248. The Kier molecular flexibility index (Phi) is 6.06. The van der Waals surface area contributed by atoms with E-state index < -0.39 is 0 Å². The number of ether oxygens (including phenoxy) is 1. The molecule has 0 aromatic heterocycles. The highest BCUT2D eigenvalue weighted by Crippen LogP contribution is 2.20. The molecule has 0 N–H and O–H groups in total. The third-order valence-electron chi connectivity index (χ3n) is 5.32. The number of hydrogen-bond donors (Lipinski definition) is 0. The lowest BCUT2D eigenvalue weighted by molar-refractivity contribution is -0.133. The molecule has 0 spiro atoms. The summed E-state index contributed by atoms with van der Waals surface area (Å²) in [6.07, 6.45) is 3.74. The number of morpholine rings is 1. The van der Waals surface area contributed by atoms with Gasteiger partial charge in [0.15, 0.2) is 0 Å². The summed E-state index contributed by atoms with van der Waals surface area (Å²) in [5, 5.41) is 8.83. The van der Waals surface area contributed by atoms with Gasteiger partial charge in [-0.15, -0.1) is 0 Å². The second kappa shape index (κ2) is 8.46. The number of carbonyl (C=O) groups excluding carboxylic acids is 1. The molecule has 1 aromatic carbocycles. The quantitative estimate of drug-likeness (QED) is 0.842. The van der Waals surface area contributed by atoms with E-state index in [0.717, 1.165) is 57.6 Å². The van der Waals surface area contributed by atoms with Gasteiger partial charge in [0.1, 0.15) is 0 Å². The van der Waals surface area contributed by atoms with E-state index >= 15 is 0 Å². The number of hydrogen-bond acceptors (Lipinski definition) is 4. The third-order valence-corrected chi connectivity index (χ3v) is 5.32. The molecule has 2 aliphatic heterocycles. The second-order valence-electron chi connectivity index (χ2n) is 7.10. The molecule has 0 radical (unpaired) electrons. The lowest BCUT2D eigenvalue weighted by Gasteiger charge is -2.41. The lowest BCUT2D eigenvalue weighted by atomic mass is 10.0. The highest BCUT2D eigenvalue weighted by atomic mass is 16.5. The molecule has 0 bridgehead atoms. The number of nitrogens with zero attached hydrogens (tertiary/aromatic N) is 3. The average molecular weight is 341 g/mol. The maximum absolute atomic E-state index is 12.5. The zero-order chi connectivity index (χ0) is 17.6. The van der Waals surface area contributed by atoms with Gasteiger partial charge in [-0.2, -0.15) is 5.26 Å². The van der Waals surface area contributed by atoms with E-state index in [9.17, 15) is 4.79 Å². The second-order valence-corrected chi connectivity index (χ2v) is 7.10. The fourth-order valence-corrected chi connectivity index (χ4v) is 3.81. The molecule has 134 valence electrons. The minimum absolute atomic E-state index is 0.248. The van der Waals surface area contributed by atoms with Gasteiger partial charge in [-0.25, -0.2) is 0 Å². The van der Waals surface area contributed by atoms with E-state index in [0.29, 0.717) is 24.1 Å². The Morgan fingerprint density at radius 3 is 2.60 bits per heavy atom. The highest BCUT2D eigenvalue weighted by molar-refractivity contribution is 5.76. The summed E-state index contributed by atoms with van der Waals surface area (Å²) >= 11 is 0. The summed E-state index contributed by atoms with van der Waals surface area (Å²) in [6.45, 7) is 6.71. The monoisotopic (exact) mass is 341 g/mol. The summed E-state index contributed by atoms with van der Waals surface area (Å²) in [6, 6.07) is 10.2. The summed E-state index contributed by atoms with van der Waals surface area (Å²) in [5.74, 6) is 0.248. The maximum Gasteiger partial charge on any atom is 0.222 e. The van der Waals surface area contributed by atoms with Crippen molar-refractivity contribution in [2.75, 3.05) is 32.8 Å². The fourth-order valence-electron chi connectivity index (χ4n) is 3.81. The van der Waals surface area contributed by atoms with Crippen LogP contribution in [-0.4, -0.2) is 60.6 Å². The van der Waals surface area contributed by atoms with Crippen molar-refractivity contribution in [3.8, 4) is 6.07 Å². The molecule has 2 heterocycles. The van der Waals surface area contributed by atoms with Crippen molar-refractivity contribution in [2.24, 2.45) is 0 Å². The topological polar surface area (TPSA) is 56.6 Å². The molecule has 25 heavy (non-hydrogen) atoms. The van der Waals surface area contributed by atoms with Gasteiger partial charge >= 0.3 is 0 Å². The van der Waals surface area contributed by atoms with Crippen molar-refractivity contribution >= 4 is 5.91 Å². The molecule has 2 saturated heterocycles. The predicted octanol–water partition coefficient (Wildman–Crippen LogP) is 2.20. The lowest BCUT2D eigenvalue weighted by Crippen LogP contribution is -2.51. The number of nitriles is 1. The van der Waals surface area contributed by atoms with Gasteiger partial charge in [-0.05, 0) is 43.9 Å². The smallest absolute Gasteiger partial charge is 0.222 e. The Hall–Kier alpha value is -1.90. The van der Waals surface area contributed by atoms with Crippen LogP contribution in [-0.2, 0) is 16.0 Å². The van der Waals surface area contributed by atoms with Crippen LogP contribution in [0.3, 0.4) is 0 Å². The Bertz CT molecular complexity index is 615. The van der Waals surface area contributed by atoms with Crippen LogP contribution in [0.2, 0.25) is 0 Å². The molecule has 3 rings (SSSR count). The van der Waals surface area contributed by atoms with Crippen molar-refractivity contribution in [3.63, 3.8) is 0 Å². The van der Waals surface area contributed by atoms with Crippen molar-refractivity contribution < 1.29 is 9.53 Å². The molecule has 1 atom stereocenters. The normalized spacial score (nSPS) is 22.6. The van der Waals surface area contributed by atoms with Crippen LogP contribution in [0.25, 0.3) is 0 Å². The number of rotatable bonds is 4. The van der Waals surface area contributed by atoms with Crippen LogP contribution in [0, 0.1) is 11.3 Å². The van der Waals surface area contributed by atoms with Crippen LogP contribution < -0.4 is 0 Å². The van der Waals surface area contributed by atoms with Gasteiger partial charge in [-0.3, -0.25) is 9.69 Å². The molecule has 2 fully saturated rings.